The maximum Gasteiger partial charge on any atom is 0.0390 e. The molecule has 0 atom stereocenters. The molecule has 1 N–H and O–H groups in total. The van der Waals surface area contributed by atoms with Crippen molar-refractivity contribution in [1.82, 2.24) is 0 Å². The van der Waals surface area contributed by atoms with Gasteiger partial charge in [-0.05, 0) is 35.0 Å². The van der Waals surface area contributed by atoms with Crippen LogP contribution in [0.2, 0.25) is 0 Å². The number of hydrogen-bond acceptors (Lipinski definition) is 1. The van der Waals surface area contributed by atoms with Crippen LogP contribution in [-0.4, -0.2) is 0 Å². The van der Waals surface area contributed by atoms with E-state index in [-0.39, 0.29) is 0 Å². The molecule has 0 aliphatic carbocycles. The molecule has 1 heteroatoms. The summed E-state index contributed by atoms with van der Waals surface area (Å²) in [6.45, 7) is 4.00. The molecule has 0 aromatic heterocycles. The Morgan fingerprint density at radius 1 is 0.579 bits per heavy atom. The first-order chi connectivity index (χ1) is 9.42. The highest BCUT2D eigenvalue weighted by molar-refractivity contribution is 5.86. The summed E-state index contributed by atoms with van der Waals surface area (Å²) in [5, 5.41) is 5.92. The molecule has 0 bridgehead atoms. The van der Waals surface area contributed by atoms with E-state index < -0.39 is 0 Å². The summed E-state index contributed by atoms with van der Waals surface area (Å²) in [5.41, 5.74) is 2.23. The Kier molecular flexibility index (Phi) is 4.57. The quantitative estimate of drug-likeness (QED) is 0.622. The Morgan fingerprint density at radius 3 is 1.95 bits per heavy atom. The Labute approximate surface area is 114 Å². The SMILES string of the molecule is CC.c1ccc(Nc2ccc3ccccc3c2)cc1. The van der Waals surface area contributed by atoms with Gasteiger partial charge in [-0.2, -0.15) is 0 Å². The van der Waals surface area contributed by atoms with Crippen LogP contribution in [0, 0.1) is 0 Å². The van der Waals surface area contributed by atoms with E-state index >= 15 is 0 Å². The molecule has 19 heavy (non-hydrogen) atoms. The lowest BCUT2D eigenvalue weighted by Crippen LogP contribution is -1.89. The minimum Gasteiger partial charge on any atom is -0.356 e. The molecule has 3 rings (SSSR count). The Bertz CT molecular complexity index is 629. The molecule has 0 saturated carbocycles. The first kappa shape index (κ1) is 13.2. The van der Waals surface area contributed by atoms with Gasteiger partial charge in [0.15, 0.2) is 0 Å². The average Bonchev–Trinajstić information content (AvgIpc) is 2.50. The normalized spacial score (nSPS) is 9.58. The number of fused-ring (bicyclic) bond motifs is 1. The number of anilines is 2. The van der Waals surface area contributed by atoms with Crippen LogP contribution in [0.5, 0.6) is 0 Å². The van der Waals surface area contributed by atoms with Crippen molar-refractivity contribution >= 4 is 22.1 Å². The molecular weight excluding hydrogens is 230 g/mol. The fourth-order valence-corrected chi connectivity index (χ4v) is 1.96. The molecule has 0 unspecified atom stereocenters. The Morgan fingerprint density at radius 2 is 1.21 bits per heavy atom. The van der Waals surface area contributed by atoms with Gasteiger partial charge in [0.25, 0.3) is 0 Å². The number of nitrogens with one attached hydrogen (secondary N) is 1. The van der Waals surface area contributed by atoms with Crippen molar-refractivity contribution in [3.05, 3.63) is 72.8 Å². The highest BCUT2D eigenvalue weighted by atomic mass is 14.9. The minimum atomic E-state index is 1.11. The summed E-state index contributed by atoms with van der Waals surface area (Å²) in [5.74, 6) is 0. The number of para-hydroxylation sites is 1. The zero-order valence-electron chi connectivity index (χ0n) is 11.4. The van der Waals surface area contributed by atoms with Gasteiger partial charge in [0.1, 0.15) is 0 Å². The van der Waals surface area contributed by atoms with Crippen LogP contribution in [0.25, 0.3) is 10.8 Å². The molecule has 3 aromatic rings. The van der Waals surface area contributed by atoms with Crippen LogP contribution in [0.3, 0.4) is 0 Å². The number of rotatable bonds is 2. The van der Waals surface area contributed by atoms with E-state index in [2.05, 4.69) is 59.9 Å². The fourth-order valence-electron chi connectivity index (χ4n) is 1.96. The maximum atomic E-state index is 3.40. The predicted octanol–water partition coefficient (Wildman–Crippen LogP) is 5.61. The lowest BCUT2D eigenvalue weighted by molar-refractivity contribution is 1.50. The van der Waals surface area contributed by atoms with Gasteiger partial charge in [0, 0.05) is 11.4 Å². The van der Waals surface area contributed by atoms with Crippen molar-refractivity contribution in [2.45, 2.75) is 13.8 Å². The molecule has 0 amide bonds. The van der Waals surface area contributed by atoms with Gasteiger partial charge in [0.2, 0.25) is 0 Å². The third kappa shape index (κ3) is 3.35. The second-order valence-electron chi connectivity index (χ2n) is 4.05. The topological polar surface area (TPSA) is 12.0 Å². The second-order valence-corrected chi connectivity index (χ2v) is 4.05. The van der Waals surface area contributed by atoms with Crippen LogP contribution < -0.4 is 5.32 Å². The van der Waals surface area contributed by atoms with Crippen LogP contribution in [0.15, 0.2) is 72.8 Å². The van der Waals surface area contributed by atoms with E-state index in [1.165, 1.54) is 10.8 Å². The zero-order valence-corrected chi connectivity index (χ0v) is 11.4. The lowest BCUT2D eigenvalue weighted by Gasteiger charge is -2.07. The van der Waals surface area contributed by atoms with E-state index in [4.69, 9.17) is 0 Å². The van der Waals surface area contributed by atoms with Crippen LogP contribution in [0.4, 0.5) is 11.4 Å². The van der Waals surface area contributed by atoms with Crippen molar-refractivity contribution in [3.63, 3.8) is 0 Å². The zero-order chi connectivity index (χ0) is 13.5. The van der Waals surface area contributed by atoms with Crippen LogP contribution in [-0.2, 0) is 0 Å². The van der Waals surface area contributed by atoms with Gasteiger partial charge in [-0.25, -0.2) is 0 Å². The molecule has 0 heterocycles. The monoisotopic (exact) mass is 249 g/mol. The summed E-state index contributed by atoms with van der Waals surface area (Å²) < 4.78 is 0. The smallest absolute Gasteiger partial charge is 0.0390 e. The summed E-state index contributed by atoms with van der Waals surface area (Å²) in [4.78, 5) is 0. The Balaban J connectivity index is 0.000000637. The molecule has 0 aliphatic rings. The standard InChI is InChI=1S/C16H13N.C2H6/c1-2-8-15(9-3-1)17-16-11-10-13-6-4-5-7-14(13)12-16;1-2/h1-12,17H;1-2H3. The number of benzene rings is 3. The largest absolute Gasteiger partial charge is 0.356 e. The minimum absolute atomic E-state index is 1.11. The Hall–Kier alpha value is -2.28. The van der Waals surface area contributed by atoms with E-state index in [0.717, 1.165) is 11.4 Å². The fraction of sp³-hybridized carbons (Fsp3) is 0.111. The van der Waals surface area contributed by atoms with Gasteiger partial charge in [-0.1, -0.05) is 62.4 Å². The third-order valence-electron chi connectivity index (χ3n) is 2.81. The average molecular weight is 249 g/mol. The van der Waals surface area contributed by atoms with Crippen molar-refractivity contribution in [3.8, 4) is 0 Å². The van der Waals surface area contributed by atoms with Gasteiger partial charge in [0.05, 0.1) is 0 Å². The molecule has 0 aliphatic heterocycles. The predicted molar refractivity (Wildman–Crippen MR) is 85.0 cm³/mol. The summed E-state index contributed by atoms with van der Waals surface area (Å²) in [7, 11) is 0. The third-order valence-corrected chi connectivity index (χ3v) is 2.81. The lowest BCUT2D eigenvalue weighted by atomic mass is 10.1. The summed E-state index contributed by atoms with van der Waals surface area (Å²) >= 11 is 0. The van der Waals surface area contributed by atoms with Crippen molar-refractivity contribution < 1.29 is 0 Å². The molecule has 0 saturated heterocycles. The first-order valence-corrected chi connectivity index (χ1v) is 6.73. The van der Waals surface area contributed by atoms with Crippen molar-refractivity contribution in [1.29, 1.82) is 0 Å². The molecule has 96 valence electrons. The maximum absolute atomic E-state index is 3.40. The van der Waals surface area contributed by atoms with E-state index in [9.17, 15) is 0 Å². The first-order valence-electron chi connectivity index (χ1n) is 6.73. The highest BCUT2D eigenvalue weighted by Gasteiger charge is 1.96. The van der Waals surface area contributed by atoms with E-state index in [1.54, 1.807) is 0 Å². The molecule has 0 fully saturated rings. The summed E-state index contributed by atoms with van der Waals surface area (Å²) in [6, 6.07) is 25.0. The van der Waals surface area contributed by atoms with Gasteiger partial charge in [-0.3, -0.25) is 0 Å². The van der Waals surface area contributed by atoms with Gasteiger partial charge >= 0.3 is 0 Å². The van der Waals surface area contributed by atoms with Crippen molar-refractivity contribution in [2.24, 2.45) is 0 Å². The molecule has 0 radical (unpaired) electrons. The van der Waals surface area contributed by atoms with Crippen LogP contribution in [0.1, 0.15) is 13.8 Å². The van der Waals surface area contributed by atoms with Crippen molar-refractivity contribution in [2.75, 3.05) is 5.32 Å². The van der Waals surface area contributed by atoms with E-state index in [0.29, 0.717) is 0 Å². The molecule has 1 nitrogen and oxygen atoms in total. The number of hydrogen-bond donors (Lipinski definition) is 1. The van der Waals surface area contributed by atoms with Gasteiger partial charge in [-0.15, -0.1) is 0 Å². The highest BCUT2D eigenvalue weighted by Crippen LogP contribution is 2.21. The summed E-state index contributed by atoms with van der Waals surface area (Å²) in [6.07, 6.45) is 0. The van der Waals surface area contributed by atoms with Crippen LogP contribution >= 0.6 is 0 Å². The molecule has 3 aromatic carbocycles. The molecule has 0 spiro atoms. The molecular formula is C18H19N. The van der Waals surface area contributed by atoms with E-state index in [1.807, 2.05) is 32.0 Å². The second kappa shape index (κ2) is 6.60. The van der Waals surface area contributed by atoms with Gasteiger partial charge < -0.3 is 5.32 Å².